The number of nitrogens with one attached hydrogen (secondary N) is 1. The van der Waals surface area contributed by atoms with Gasteiger partial charge >= 0.3 is 6.09 Å². The molecule has 0 aliphatic carbocycles. The average Bonchev–Trinajstić information content (AvgIpc) is 3.03. The first-order valence-electron chi connectivity index (χ1n) is 11.6. The van der Waals surface area contributed by atoms with E-state index < -0.39 is 20.5 Å². The van der Waals surface area contributed by atoms with Crippen LogP contribution in [0.3, 0.4) is 0 Å². The van der Waals surface area contributed by atoms with Crippen LogP contribution in [0.5, 0.6) is 0 Å². The van der Waals surface area contributed by atoms with Crippen LogP contribution in [-0.4, -0.2) is 56.1 Å². The van der Waals surface area contributed by atoms with Crippen molar-refractivity contribution in [1.29, 1.82) is 0 Å². The van der Waals surface area contributed by atoms with Crippen LogP contribution >= 0.6 is 0 Å². The minimum Gasteiger partial charge on any atom is -0.447 e. The Kier molecular flexibility index (Phi) is 7.16. The molecule has 0 spiro atoms. The lowest BCUT2D eigenvalue weighted by molar-refractivity contribution is -0.139. The summed E-state index contributed by atoms with van der Waals surface area (Å²) in [6, 6.07) is 9.11. The van der Waals surface area contributed by atoms with Crippen molar-refractivity contribution in [2.45, 2.75) is 95.7 Å². The molecule has 2 saturated heterocycles. The Balaban J connectivity index is 1.80. The Morgan fingerprint density at radius 1 is 1.03 bits per heavy atom. The normalized spacial score (nSPS) is 25.1. The molecule has 172 valence electrons. The van der Waals surface area contributed by atoms with E-state index in [9.17, 15) is 9.59 Å². The fourth-order valence-corrected chi connectivity index (χ4v) is 11.3. The molecule has 7 heteroatoms. The van der Waals surface area contributed by atoms with Crippen molar-refractivity contribution < 1.29 is 18.8 Å². The SMILES string of the molecule is CC(C)[Si](O[C@@H](C)[C@@H]1NC(=O)[C@H]1N1C(=O)OC[C@@H]1Cc1ccccc1)(C(C)C)C(C)C. The van der Waals surface area contributed by atoms with E-state index in [4.69, 9.17) is 9.16 Å². The van der Waals surface area contributed by atoms with E-state index in [-0.39, 0.29) is 24.1 Å². The predicted octanol–water partition coefficient (Wildman–Crippen LogP) is 4.50. The van der Waals surface area contributed by atoms with Gasteiger partial charge in [-0.05, 0) is 35.5 Å². The highest BCUT2D eigenvalue weighted by atomic mass is 28.4. The summed E-state index contributed by atoms with van der Waals surface area (Å²) in [7, 11) is -2.11. The molecular weight excluding hydrogens is 408 g/mol. The number of amides is 2. The number of β-lactam (4-membered cyclic amide) rings is 1. The average molecular weight is 447 g/mol. The molecule has 0 radical (unpaired) electrons. The molecule has 2 amide bonds. The van der Waals surface area contributed by atoms with Gasteiger partial charge in [0, 0.05) is 0 Å². The van der Waals surface area contributed by atoms with E-state index in [1.807, 2.05) is 37.3 Å². The van der Waals surface area contributed by atoms with Crippen LogP contribution < -0.4 is 5.32 Å². The molecule has 1 N–H and O–H groups in total. The van der Waals surface area contributed by atoms with Crippen molar-refractivity contribution in [2.24, 2.45) is 0 Å². The first-order valence-corrected chi connectivity index (χ1v) is 13.7. The lowest BCUT2D eigenvalue weighted by atomic mass is 9.91. The van der Waals surface area contributed by atoms with Gasteiger partial charge in [0.25, 0.3) is 0 Å². The van der Waals surface area contributed by atoms with Gasteiger partial charge in [-0.1, -0.05) is 71.9 Å². The third kappa shape index (κ3) is 4.39. The van der Waals surface area contributed by atoms with Crippen LogP contribution in [0.1, 0.15) is 54.0 Å². The highest BCUT2D eigenvalue weighted by Gasteiger charge is 2.55. The number of hydrogen-bond donors (Lipinski definition) is 1. The first kappa shape index (κ1) is 23.8. The second kappa shape index (κ2) is 9.33. The van der Waals surface area contributed by atoms with Gasteiger partial charge in [-0.3, -0.25) is 9.69 Å². The summed E-state index contributed by atoms with van der Waals surface area (Å²) in [5.74, 6) is -0.122. The van der Waals surface area contributed by atoms with Crippen LogP contribution in [0.2, 0.25) is 16.6 Å². The van der Waals surface area contributed by atoms with Gasteiger partial charge in [0.1, 0.15) is 12.6 Å². The molecule has 4 atom stereocenters. The summed E-state index contributed by atoms with van der Waals surface area (Å²) >= 11 is 0. The largest absolute Gasteiger partial charge is 0.447 e. The lowest BCUT2D eigenvalue weighted by Gasteiger charge is -2.50. The standard InChI is InChI=1S/C24H38N2O4Si/c1-15(2)31(16(3)4,17(5)6)30-18(7)21-22(23(27)25-21)26-20(14-29-24(26)28)13-19-11-9-8-10-12-19/h8-12,15-18,20-22H,13-14H2,1-7H3,(H,25,27)/t18-,20-,21-,22-/m0/s1. The van der Waals surface area contributed by atoms with E-state index in [0.717, 1.165) is 5.56 Å². The number of ether oxygens (including phenoxy) is 1. The summed E-state index contributed by atoms with van der Waals surface area (Å²) in [5, 5.41) is 3.02. The molecular formula is C24H38N2O4Si. The van der Waals surface area contributed by atoms with Crippen molar-refractivity contribution in [1.82, 2.24) is 10.2 Å². The Hall–Kier alpha value is -1.86. The number of cyclic esters (lactones) is 1. The number of carbonyl (C=O) groups is 2. The molecule has 31 heavy (non-hydrogen) atoms. The fraction of sp³-hybridized carbons (Fsp3) is 0.667. The van der Waals surface area contributed by atoms with E-state index in [1.165, 1.54) is 0 Å². The quantitative estimate of drug-likeness (QED) is 0.448. The number of hydrogen-bond acceptors (Lipinski definition) is 4. The zero-order chi connectivity index (χ0) is 22.9. The van der Waals surface area contributed by atoms with E-state index in [1.54, 1.807) is 4.90 Å². The number of rotatable bonds is 9. The van der Waals surface area contributed by atoms with Crippen LogP contribution in [0.25, 0.3) is 0 Å². The van der Waals surface area contributed by atoms with E-state index >= 15 is 0 Å². The maximum atomic E-state index is 12.6. The highest BCUT2D eigenvalue weighted by Crippen LogP contribution is 2.44. The third-order valence-corrected chi connectivity index (χ3v) is 13.3. The number of nitrogens with zero attached hydrogens (tertiary/aromatic N) is 1. The van der Waals surface area contributed by atoms with Crippen molar-refractivity contribution in [3.63, 3.8) is 0 Å². The molecule has 2 aliphatic rings. The molecule has 2 fully saturated rings. The second-order valence-corrected chi connectivity index (χ2v) is 15.4. The monoisotopic (exact) mass is 446 g/mol. The van der Waals surface area contributed by atoms with Gasteiger partial charge < -0.3 is 14.5 Å². The minimum atomic E-state index is -2.11. The second-order valence-electron chi connectivity index (χ2n) is 9.95. The van der Waals surface area contributed by atoms with Crippen molar-refractivity contribution >= 4 is 20.3 Å². The fourth-order valence-electron chi connectivity index (χ4n) is 5.73. The summed E-state index contributed by atoms with van der Waals surface area (Å²) in [4.78, 5) is 26.9. The van der Waals surface area contributed by atoms with Gasteiger partial charge in [0.2, 0.25) is 14.2 Å². The molecule has 1 aromatic rings. The molecule has 0 saturated carbocycles. The van der Waals surface area contributed by atoms with Gasteiger partial charge in [0.05, 0.1) is 18.2 Å². The molecule has 3 rings (SSSR count). The molecule has 6 nitrogen and oxygen atoms in total. The Morgan fingerprint density at radius 2 is 1.61 bits per heavy atom. The van der Waals surface area contributed by atoms with Crippen LogP contribution in [0.15, 0.2) is 30.3 Å². The minimum absolute atomic E-state index is 0.122. The van der Waals surface area contributed by atoms with Gasteiger partial charge in [-0.2, -0.15) is 0 Å². The Labute approximate surface area is 187 Å². The zero-order valence-corrected chi connectivity index (χ0v) is 20.9. The Bertz CT molecular complexity index is 761. The number of carbonyl (C=O) groups excluding carboxylic acids is 2. The molecule has 1 aromatic carbocycles. The molecule has 0 bridgehead atoms. The molecule has 2 heterocycles. The third-order valence-electron chi connectivity index (χ3n) is 7.14. The smallest absolute Gasteiger partial charge is 0.410 e. The van der Waals surface area contributed by atoms with Gasteiger partial charge in [0.15, 0.2) is 0 Å². The topological polar surface area (TPSA) is 67.9 Å². The van der Waals surface area contributed by atoms with Gasteiger partial charge in [-0.25, -0.2) is 4.79 Å². The zero-order valence-electron chi connectivity index (χ0n) is 19.9. The molecule has 0 unspecified atom stereocenters. The predicted molar refractivity (Wildman–Crippen MR) is 124 cm³/mol. The highest BCUT2D eigenvalue weighted by molar-refractivity contribution is 6.77. The van der Waals surface area contributed by atoms with E-state index in [0.29, 0.717) is 29.7 Å². The molecule has 0 aromatic heterocycles. The Morgan fingerprint density at radius 3 is 2.13 bits per heavy atom. The summed E-state index contributed by atoms with van der Waals surface area (Å²) in [6.07, 6.45) is 0.0893. The van der Waals surface area contributed by atoms with Crippen molar-refractivity contribution in [3.05, 3.63) is 35.9 Å². The number of benzene rings is 1. The van der Waals surface area contributed by atoms with Crippen LogP contribution in [0.4, 0.5) is 4.79 Å². The maximum absolute atomic E-state index is 12.6. The molecule has 2 aliphatic heterocycles. The first-order chi connectivity index (χ1) is 14.6. The lowest BCUT2D eigenvalue weighted by Crippen LogP contribution is -2.74. The summed E-state index contributed by atoms with van der Waals surface area (Å²) in [6.45, 7) is 15.9. The summed E-state index contributed by atoms with van der Waals surface area (Å²) in [5.41, 5.74) is 2.48. The van der Waals surface area contributed by atoms with Crippen LogP contribution in [0, 0.1) is 0 Å². The van der Waals surface area contributed by atoms with Gasteiger partial charge in [-0.15, -0.1) is 0 Å². The van der Waals surface area contributed by atoms with Crippen molar-refractivity contribution in [2.75, 3.05) is 6.61 Å². The van der Waals surface area contributed by atoms with Crippen LogP contribution in [-0.2, 0) is 20.4 Å². The van der Waals surface area contributed by atoms with Crippen molar-refractivity contribution in [3.8, 4) is 0 Å². The summed E-state index contributed by atoms with van der Waals surface area (Å²) < 4.78 is 12.3. The maximum Gasteiger partial charge on any atom is 0.410 e. The van der Waals surface area contributed by atoms with E-state index in [2.05, 4.69) is 46.9 Å².